The summed E-state index contributed by atoms with van der Waals surface area (Å²) >= 11 is 0. The smallest absolute Gasteiger partial charge is 0.163 e. The Morgan fingerprint density at radius 3 is 2.54 bits per heavy atom. The molecular formula is C20H31F2N3O. The molecule has 1 aromatic rings. The Bertz CT molecular complexity index is 613. The Kier molecular flexibility index (Phi) is 6.61. The molecule has 0 aromatic heterocycles. The Morgan fingerprint density at radius 2 is 1.77 bits per heavy atom. The summed E-state index contributed by atoms with van der Waals surface area (Å²) in [5.41, 5.74) is 0.742. The minimum absolute atomic E-state index is 0.152. The third-order valence-corrected chi connectivity index (χ3v) is 5.94. The summed E-state index contributed by atoms with van der Waals surface area (Å²) in [5.74, 6) is -0.897. The third-order valence-electron chi connectivity index (χ3n) is 5.94. The summed E-state index contributed by atoms with van der Waals surface area (Å²) in [6, 6.07) is 3.32. The van der Waals surface area contributed by atoms with Gasteiger partial charge in [0.05, 0.1) is 0 Å². The van der Waals surface area contributed by atoms with Gasteiger partial charge in [0.15, 0.2) is 11.6 Å². The summed E-state index contributed by atoms with van der Waals surface area (Å²) in [7, 11) is 2.16. The van der Waals surface area contributed by atoms with Crippen molar-refractivity contribution in [1.29, 1.82) is 0 Å². The van der Waals surface area contributed by atoms with Crippen molar-refractivity contribution in [3.8, 4) is 0 Å². The molecule has 146 valence electrons. The number of nitrogens with zero attached hydrogens (tertiary/aromatic N) is 3. The van der Waals surface area contributed by atoms with Crippen LogP contribution in [0.15, 0.2) is 12.1 Å². The number of benzene rings is 1. The summed E-state index contributed by atoms with van der Waals surface area (Å²) in [4.78, 5) is 7.01. The Labute approximate surface area is 155 Å². The van der Waals surface area contributed by atoms with E-state index in [1.165, 1.54) is 6.42 Å². The first-order valence-electron chi connectivity index (χ1n) is 9.65. The number of aliphatic hydroxyl groups excluding tert-OH is 1. The molecule has 1 aromatic carbocycles. The maximum atomic E-state index is 14.2. The van der Waals surface area contributed by atoms with Gasteiger partial charge in [0.1, 0.15) is 0 Å². The van der Waals surface area contributed by atoms with E-state index in [1.54, 1.807) is 19.1 Å². The quantitative estimate of drug-likeness (QED) is 0.862. The fourth-order valence-electron chi connectivity index (χ4n) is 4.24. The number of likely N-dealkylation sites (N-methyl/N-ethyl adjacent to an activating group) is 1. The van der Waals surface area contributed by atoms with Crippen molar-refractivity contribution in [2.45, 2.75) is 19.9 Å². The van der Waals surface area contributed by atoms with Gasteiger partial charge in [-0.25, -0.2) is 8.78 Å². The predicted molar refractivity (Wildman–Crippen MR) is 99.0 cm³/mol. The molecule has 0 unspecified atom stereocenters. The van der Waals surface area contributed by atoms with Crippen molar-refractivity contribution in [2.75, 3.05) is 59.5 Å². The maximum absolute atomic E-state index is 14.2. The molecule has 26 heavy (non-hydrogen) atoms. The van der Waals surface area contributed by atoms with E-state index >= 15 is 0 Å². The predicted octanol–water partition coefficient (Wildman–Crippen LogP) is 1.95. The van der Waals surface area contributed by atoms with Crippen molar-refractivity contribution in [2.24, 2.45) is 11.8 Å². The van der Waals surface area contributed by atoms with Gasteiger partial charge < -0.3 is 14.9 Å². The van der Waals surface area contributed by atoms with Crippen molar-refractivity contribution in [3.63, 3.8) is 0 Å². The minimum Gasteiger partial charge on any atom is -0.396 e. The van der Waals surface area contributed by atoms with Gasteiger partial charge in [0, 0.05) is 51.4 Å². The maximum Gasteiger partial charge on any atom is 0.163 e. The first-order valence-corrected chi connectivity index (χ1v) is 9.65. The molecule has 0 aliphatic carbocycles. The standard InChI is InChI=1S/C20H31F2N3O/c1-15-4-5-16(20(22)19(15)21)10-25-12-17(18(13-25)14-26)11-24-7-3-6-23(2)8-9-24/h4-5,17-18,26H,3,6-14H2,1-2H3/t17-,18-/m1/s1. The average Bonchev–Trinajstić information content (AvgIpc) is 2.89. The van der Waals surface area contributed by atoms with Crippen LogP contribution in [0, 0.1) is 30.4 Å². The van der Waals surface area contributed by atoms with Crippen LogP contribution in [-0.2, 0) is 6.54 Å². The van der Waals surface area contributed by atoms with Gasteiger partial charge in [0.25, 0.3) is 0 Å². The summed E-state index contributed by atoms with van der Waals surface area (Å²) in [6.45, 7) is 9.03. The molecule has 4 nitrogen and oxygen atoms in total. The van der Waals surface area contributed by atoms with Crippen LogP contribution in [0.5, 0.6) is 0 Å². The number of halogens is 2. The lowest BCUT2D eigenvalue weighted by Gasteiger charge is -2.26. The Hall–Kier alpha value is -1.08. The molecular weight excluding hydrogens is 336 g/mol. The van der Waals surface area contributed by atoms with E-state index in [-0.39, 0.29) is 12.5 Å². The molecule has 0 radical (unpaired) electrons. The van der Waals surface area contributed by atoms with Crippen molar-refractivity contribution >= 4 is 0 Å². The summed E-state index contributed by atoms with van der Waals surface area (Å²) in [6.07, 6.45) is 1.17. The van der Waals surface area contributed by atoms with Crippen LogP contribution in [0.1, 0.15) is 17.5 Å². The molecule has 2 fully saturated rings. The lowest BCUT2D eigenvalue weighted by molar-refractivity contribution is 0.165. The minimum atomic E-state index is -0.745. The monoisotopic (exact) mass is 367 g/mol. The zero-order valence-electron chi connectivity index (χ0n) is 15.9. The normalized spacial score (nSPS) is 26.3. The molecule has 0 bridgehead atoms. The molecule has 3 rings (SSSR count). The topological polar surface area (TPSA) is 30.0 Å². The highest BCUT2D eigenvalue weighted by molar-refractivity contribution is 5.25. The zero-order valence-corrected chi connectivity index (χ0v) is 15.9. The molecule has 6 heteroatoms. The van der Waals surface area contributed by atoms with Gasteiger partial charge in [-0.05, 0) is 50.9 Å². The number of likely N-dealkylation sites (tertiary alicyclic amines) is 1. The number of rotatable bonds is 5. The molecule has 2 aliphatic rings. The van der Waals surface area contributed by atoms with Crippen molar-refractivity contribution < 1.29 is 13.9 Å². The van der Waals surface area contributed by atoms with Crippen molar-refractivity contribution in [1.82, 2.24) is 14.7 Å². The summed E-state index contributed by atoms with van der Waals surface area (Å²) in [5, 5.41) is 9.80. The van der Waals surface area contributed by atoms with Gasteiger partial charge in [-0.15, -0.1) is 0 Å². The van der Waals surface area contributed by atoms with E-state index in [4.69, 9.17) is 0 Å². The van der Waals surface area contributed by atoms with Gasteiger partial charge in [-0.3, -0.25) is 4.90 Å². The zero-order chi connectivity index (χ0) is 18.7. The van der Waals surface area contributed by atoms with Gasteiger partial charge in [0.2, 0.25) is 0 Å². The lowest BCUT2D eigenvalue weighted by Crippen LogP contribution is -2.36. The Morgan fingerprint density at radius 1 is 1.00 bits per heavy atom. The molecule has 0 spiro atoms. The third kappa shape index (κ3) is 4.60. The van der Waals surface area contributed by atoms with Crippen LogP contribution in [-0.4, -0.2) is 79.3 Å². The van der Waals surface area contributed by atoms with Crippen LogP contribution in [0.4, 0.5) is 8.78 Å². The molecule has 2 heterocycles. The Balaban J connectivity index is 1.61. The number of hydrogen-bond acceptors (Lipinski definition) is 4. The average molecular weight is 367 g/mol. The van der Waals surface area contributed by atoms with Crippen molar-refractivity contribution in [3.05, 3.63) is 34.9 Å². The van der Waals surface area contributed by atoms with Crippen LogP contribution in [0.3, 0.4) is 0 Å². The van der Waals surface area contributed by atoms with E-state index in [0.29, 0.717) is 23.6 Å². The highest BCUT2D eigenvalue weighted by atomic mass is 19.2. The molecule has 2 atom stereocenters. The summed E-state index contributed by atoms with van der Waals surface area (Å²) < 4.78 is 28.0. The first-order chi connectivity index (χ1) is 12.5. The van der Waals surface area contributed by atoms with Gasteiger partial charge >= 0.3 is 0 Å². The van der Waals surface area contributed by atoms with E-state index in [1.807, 2.05) is 0 Å². The lowest BCUT2D eigenvalue weighted by atomic mass is 9.96. The second-order valence-electron chi connectivity index (χ2n) is 8.02. The van der Waals surface area contributed by atoms with E-state index < -0.39 is 11.6 Å². The van der Waals surface area contributed by atoms with E-state index in [0.717, 1.165) is 45.8 Å². The molecule has 2 saturated heterocycles. The fourth-order valence-corrected chi connectivity index (χ4v) is 4.24. The van der Waals surface area contributed by atoms with Crippen LogP contribution >= 0.6 is 0 Å². The number of hydrogen-bond donors (Lipinski definition) is 1. The fraction of sp³-hybridized carbons (Fsp3) is 0.700. The molecule has 0 saturated carbocycles. The number of aryl methyl sites for hydroxylation is 1. The van der Waals surface area contributed by atoms with Gasteiger partial charge in [-0.1, -0.05) is 12.1 Å². The van der Waals surface area contributed by atoms with E-state index in [2.05, 4.69) is 21.7 Å². The van der Waals surface area contributed by atoms with E-state index in [9.17, 15) is 13.9 Å². The second-order valence-corrected chi connectivity index (χ2v) is 8.02. The van der Waals surface area contributed by atoms with Crippen LogP contribution < -0.4 is 0 Å². The second kappa shape index (κ2) is 8.74. The highest BCUT2D eigenvalue weighted by Gasteiger charge is 2.34. The molecule has 0 amide bonds. The number of aliphatic hydroxyl groups is 1. The van der Waals surface area contributed by atoms with Crippen LogP contribution in [0.2, 0.25) is 0 Å². The SMILES string of the molecule is Cc1ccc(CN2C[C@@H](CN3CCCN(C)CC3)[C@@H](CO)C2)c(F)c1F. The molecule has 2 aliphatic heterocycles. The van der Waals surface area contributed by atoms with Crippen LogP contribution in [0.25, 0.3) is 0 Å². The molecule has 1 N–H and O–H groups in total. The highest BCUT2D eigenvalue weighted by Crippen LogP contribution is 2.27. The largest absolute Gasteiger partial charge is 0.396 e. The van der Waals surface area contributed by atoms with Gasteiger partial charge in [-0.2, -0.15) is 0 Å². The first kappa shape index (κ1) is 19.7.